The van der Waals surface area contributed by atoms with Gasteiger partial charge in [0.05, 0.1) is 6.54 Å². The smallest absolute Gasteiger partial charge is 0.255 e. The van der Waals surface area contributed by atoms with Crippen molar-refractivity contribution in [1.82, 2.24) is 19.8 Å². The number of amides is 2. The molecule has 3 N–H and O–H groups in total. The highest BCUT2D eigenvalue weighted by molar-refractivity contribution is 6.07. The number of carbonyl (C=O) groups is 2. The molecule has 0 saturated carbocycles. The minimum atomic E-state index is -1.48. The maximum Gasteiger partial charge on any atom is 0.255 e. The molecule has 2 amide bonds. The zero-order chi connectivity index (χ0) is 26.9. The van der Waals surface area contributed by atoms with E-state index in [1.165, 1.54) is 21.9 Å². The van der Waals surface area contributed by atoms with Gasteiger partial charge in [0.2, 0.25) is 0 Å². The average Bonchev–Trinajstić information content (AvgIpc) is 3.48. The number of aromatic nitrogens is 2. The van der Waals surface area contributed by atoms with Crippen LogP contribution >= 0.6 is 0 Å². The summed E-state index contributed by atoms with van der Waals surface area (Å²) < 4.78 is 55.8. The molecule has 0 bridgehead atoms. The topological polar surface area (TPSA) is 95.3 Å². The number of hydrogen-bond acceptors (Lipinski definition) is 4. The Kier molecular flexibility index (Phi) is 5.23. The van der Waals surface area contributed by atoms with Crippen LogP contribution in [0.25, 0.3) is 11.0 Å². The fourth-order valence-corrected chi connectivity index (χ4v) is 5.64. The molecule has 2 aliphatic rings. The molecule has 0 aliphatic carbocycles. The molecule has 1 fully saturated rings. The van der Waals surface area contributed by atoms with Gasteiger partial charge < -0.3 is 20.5 Å². The van der Waals surface area contributed by atoms with Gasteiger partial charge in [-0.2, -0.15) is 0 Å². The van der Waals surface area contributed by atoms with Gasteiger partial charge in [0.1, 0.15) is 28.6 Å². The molecule has 4 aromatic rings. The normalized spacial score (nSPS) is 18.9. The van der Waals surface area contributed by atoms with E-state index < -0.39 is 40.6 Å². The number of anilines is 1. The number of H-pyrrole nitrogens is 1. The number of hydrogen-bond donors (Lipinski definition) is 2. The van der Waals surface area contributed by atoms with E-state index >= 15 is 0 Å². The van der Waals surface area contributed by atoms with Crippen LogP contribution < -0.4 is 5.73 Å². The number of carbonyl (C=O) groups excluding carboxylic acids is 2. The van der Waals surface area contributed by atoms with Gasteiger partial charge in [-0.1, -0.05) is 6.07 Å². The third kappa shape index (κ3) is 3.45. The average molecular weight is 523 g/mol. The molecule has 2 aliphatic heterocycles. The van der Waals surface area contributed by atoms with Crippen LogP contribution in [0.4, 0.5) is 23.4 Å². The van der Waals surface area contributed by atoms with Gasteiger partial charge >= 0.3 is 0 Å². The number of nitrogens with one attached hydrogen (secondary N) is 1. The lowest BCUT2D eigenvalue weighted by Gasteiger charge is -2.34. The number of aromatic amines is 1. The van der Waals surface area contributed by atoms with Crippen LogP contribution in [-0.2, 0) is 23.4 Å². The van der Waals surface area contributed by atoms with E-state index in [1.54, 1.807) is 6.07 Å². The lowest BCUT2D eigenvalue weighted by molar-refractivity contribution is -0.137. The number of halogens is 4. The number of nitrogens with zero attached hydrogens (tertiary/aromatic N) is 3. The van der Waals surface area contributed by atoms with Crippen molar-refractivity contribution in [2.75, 3.05) is 12.3 Å². The summed E-state index contributed by atoms with van der Waals surface area (Å²) in [5.74, 6) is -4.90. The monoisotopic (exact) mass is 523 g/mol. The molecule has 1 spiro atoms. The van der Waals surface area contributed by atoms with Crippen LogP contribution in [0.3, 0.4) is 0 Å². The number of rotatable bonds is 4. The Morgan fingerprint density at radius 1 is 1.00 bits per heavy atom. The predicted octanol–water partition coefficient (Wildman–Crippen LogP) is 4.29. The Balaban J connectivity index is 1.41. The number of likely N-dealkylation sites (tertiary alicyclic amines) is 1. The molecule has 2 aromatic carbocycles. The highest BCUT2D eigenvalue weighted by Gasteiger charge is 2.59. The van der Waals surface area contributed by atoms with E-state index in [4.69, 9.17) is 5.73 Å². The third-order valence-electron chi connectivity index (χ3n) is 7.41. The van der Waals surface area contributed by atoms with Crippen molar-refractivity contribution in [1.29, 1.82) is 0 Å². The molecule has 7 nitrogen and oxygen atoms in total. The second-order valence-corrected chi connectivity index (χ2v) is 9.70. The summed E-state index contributed by atoms with van der Waals surface area (Å²) in [4.78, 5) is 37.7. The quantitative estimate of drug-likeness (QED) is 0.308. The molecule has 1 saturated heterocycles. The van der Waals surface area contributed by atoms with Gasteiger partial charge in [0.15, 0.2) is 11.6 Å². The summed E-state index contributed by atoms with van der Waals surface area (Å²) in [6.07, 6.45) is 0.145. The zero-order valence-corrected chi connectivity index (χ0v) is 20.1. The van der Waals surface area contributed by atoms with Crippen molar-refractivity contribution in [3.05, 3.63) is 93.7 Å². The maximum absolute atomic E-state index is 14.4. The second-order valence-electron chi connectivity index (χ2n) is 9.70. The van der Waals surface area contributed by atoms with E-state index in [9.17, 15) is 27.2 Å². The fraction of sp³-hybridized carbons (Fsp3) is 0.222. The first kappa shape index (κ1) is 24.0. The predicted molar refractivity (Wildman–Crippen MR) is 130 cm³/mol. The summed E-state index contributed by atoms with van der Waals surface area (Å²) in [5, 5.41) is 0.798. The number of pyridine rings is 1. The van der Waals surface area contributed by atoms with Crippen molar-refractivity contribution in [3.8, 4) is 0 Å². The van der Waals surface area contributed by atoms with Crippen LogP contribution in [-0.4, -0.2) is 38.1 Å². The molecule has 0 radical (unpaired) electrons. The lowest BCUT2D eigenvalue weighted by Crippen LogP contribution is -2.49. The van der Waals surface area contributed by atoms with Crippen molar-refractivity contribution in [2.24, 2.45) is 0 Å². The van der Waals surface area contributed by atoms with Crippen LogP contribution in [0.15, 0.2) is 42.5 Å². The fourth-order valence-electron chi connectivity index (χ4n) is 5.64. The Hall–Kier alpha value is -4.41. The zero-order valence-electron chi connectivity index (χ0n) is 20.1. The van der Waals surface area contributed by atoms with Crippen molar-refractivity contribution in [3.63, 3.8) is 0 Å². The highest BCUT2D eigenvalue weighted by Crippen LogP contribution is 2.48. The number of benzene rings is 2. The number of nitrogens with two attached hydrogens (primary N) is 1. The molecule has 4 heterocycles. The Labute approximate surface area is 213 Å². The lowest BCUT2D eigenvalue weighted by atomic mass is 9.87. The SMILES string of the molecule is Cc1cc(N)nc2[nH]c(CN3C(=O)c4cc(F)ccc4[C@]34CCN(Cc3cc(F)c(F)cc3F)C4=O)cc12. The van der Waals surface area contributed by atoms with Crippen molar-refractivity contribution < 1.29 is 27.2 Å². The molecule has 6 rings (SSSR count). The van der Waals surface area contributed by atoms with Crippen LogP contribution in [0.2, 0.25) is 0 Å². The molecule has 11 heteroatoms. The Morgan fingerprint density at radius 2 is 1.76 bits per heavy atom. The first-order valence-corrected chi connectivity index (χ1v) is 11.9. The largest absolute Gasteiger partial charge is 0.384 e. The Morgan fingerprint density at radius 3 is 2.55 bits per heavy atom. The Bertz CT molecular complexity index is 1670. The van der Waals surface area contributed by atoms with Gasteiger partial charge in [-0.25, -0.2) is 22.5 Å². The third-order valence-corrected chi connectivity index (χ3v) is 7.41. The molecule has 2 aromatic heterocycles. The summed E-state index contributed by atoms with van der Waals surface area (Å²) in [5.41, 5.74) is 6.57. The maximum atomic E-state index is 14.4. The van der Waals surface area contributed by atoms with E-state index in [1.807, 2.05) is 13.0 Å². The van der Waals surface area contributed by atoms with E-state index in [2.05, 4.69) is 9.97 Å². The highest BCUT2D eigenvalue weighted by atomic mass is 19.2. The number of aryl methyl sites for hydroxylation is 1. The molecular weight excluding hydrogens is 502 g/mol. The minimum Gasteiger partial charge on any atom is -0.384 e. The van der Waals surface area contributed by atoms with E-state index in [-0.39, 0.29) is 37.2 Å². The molecular formula is C27H21F4N5O2. The summed E-state index contributed by atoms with van der Waals surface area (Å²) in [6, 6.07) is 8.38. The molecule has 194 valence electrons. The van der Waals surface area contributed by atoms with Crippen LogP contribution in [0, 0.1) is 30.2 Å². The van der Waals surface area contributed by atoms with E-state index in [0.29, 0.717) is 28.8 Å². The van der Waals surface area contributed by atoms with Gasteiger partial charge in [0.25, 0.3) is 11.8 Å². The van der Waals surface area contributed by atoms with Crippen LogP contribution in [0.1, 0.15) is 39.2 Å². The first-order valence-electron chi connectivity index (χ1n) is 11.9. The van der Waals surface area contributed by atoms with E-state index in [0.717, 1.165) is 23.1 Å². The summed E-state index contributed by atoms with van der Waals surface area (Å²) in [7, 11) is 0. The molecule has 0 unspecified atom stereocenters. The van der Waals surface area contributed by atoms with Gasteiger partial charge in [-0.3, -0.25) is 9.59 Å². The minimum absolute atomic E-state index is 0.0239. The molecule has 38 heavy (non-hydrogen) atoms. The molecule has 1 atom stereocenters. The van der Waals surface area contributed by atoms with Gasteiger partial charge in [-0.15, -0.1) is 0 Å². The van der Waals surface area contributed by atoms with Gasteiger partial charge in [-0.05, 0) is 42.8 Å². The standard InChI is InChI=1S/C27H21F4N5O2/c1-13-6-23(32)34-24-17(13)9-16(33-24)12-36-25(37)18-8-15(28)2-3-19(18)27(36)4-5-35(26(27)38)11-14-7-21(30)22(31)10-20(14)29/h2-3,6-10H,4-5,11-12H2,1H3,(H3,32,33,34)/t27-/m0/s1. The number of fused-ring (bicyclic) bond motifs is 3. The van der Waals surface area contributed by atoms with Crippen molar-refractivity contribution in [2.45, 2.75) is 32.0 Å². The van der Waals surface area contributed by atoms with Crippen LogP contribution in [0.5, 0.6) is 0 Å². The van der Waals surface area contributed by atoms with Crippen molar-refractivity contribution >= 4 is 28.7 Å². The second kappa shape index (κ2) is 8.30. The summed E-state index contributed by atoms with van der Waals surface area (Å²) >= 11 is 0. The van der Waals surface area contributed by atoms with Gasteiger partial charge in [0, 0.05) is 53.3 Å². The number of nitrogen functional groups attached to an aromatic ring is 1. The summed E-state index contributed by atoms with van der Waals surface area (Å²) in [6.45, 7) is 1.64. The first-order chi connectivity index (χ1) is 18.1.